The molecule has 1 fully saturated rings. The maximum absolute atomic E-state index is 4.51. The number of hydrogen-bond donors (Lipinski definition) is 1. The number of nitrogens with one attached hydrogen (secondary N) is 1. The smallest absolute Gasteiger partial charge is 0.106 e. The van der Waals surface area contributed by atoms with Crippen LogP contribution in [0, 0.1) is 0 Å². The first kappa shape index (κ1) is 17.1. The van der Waals surface area contributed by atoms with Crippen LogP contribution in [-0.2, 0) is 19.5 Å². The van der Waals surface area contributed by atoms with E-state index in [9.17, 15) is 0 Å². The van der Waals surface area contributed by atoms with Gasteiger partial charge >= 0.3 is 0 Å². The molecule has 0 unspecified atom stereocenters. The van der Waals surface area contributed by atoms with Crippen LogP contribution in [-0.4, -0.2) is 50.9 Å². The molecule has 2 aromatic heterocycles. The first-order valence-electron chi connectivity index (χ1n) is 9.20. The standard InChI is InChI=1S/C19H29N5/c1-2-3-5-19-21-14-18(22-19)16-24-11-4-10-23(12-13-24)15-17-6-8-20-9-7-17/h6-9,14H,2-5,10-13,15-16H2,1H3,(H,21,22). The lowest BCUT2D eigenvalue weighted by atomic mass is 10.2. The Labute approximate surface area is 145 Å². The number of H-pyrrole nitrogens is 1. The first-order chi connectivity index (χ1) is 11.8. The van der Waals surface area contributed by atoms with E-state index in [0.717, 1.165) is 45.0 Å². The average molecular weight is 327 g/mol. The van der Waals surface area contributed by atoms with Crippen molar-refractivity contribution < 1.29 is 0 Å². The molecule has 0 radical (unpaired) electrons. The largest absolute Gasteiger partial charge is 0.345 e. The van der Waals surface area contributed by atoms with E-state index < -0.39 is 0 Å². The molecule has 2 aromatic rings. The van der Waals surface area contributed by atoms with Crippen molar-refractivity contribution in [1.29, 1.82) is 0 Å². The van der Waals surface area contributed by atoms with Crippen LogP contribution < -0.4 is 0 Å². The average Bonchev–Trinajstić information content (AvgIpc) is 2.94. The highest BCUT2D eigenvalue weighted by Gasteiger charge is 2.16. The molecule has 5 nitrogen and oxygen atoms in total. The van der Waals surface area contributed by atoms with E-state index >= 15 is 0 Å². The van der Waals surface area contributed by atoms with E-state index in [4.69, 9.17) is 0 Å². The Kier molecular flexibility index (Phi) is 6.38. The molecule has 3 rings (SSSR count). The van der Waals surface area contributed by atoms with Crippen LogP contribution in [0.4, 0.5) is 0 Å². The van der Waals surface area contributed by atoms with Crippen LogP contribution in [0.2, 0.25) is 0 Å². The summed E-state index contributed by atoms with van der Waals surface area (Å²) in [5.41, 5.74) is 2.61. The highest BCUT2D eigenvalue weighted by molar-refractivity contribution is 5.09. The molecule has 130 valence electrons. The molecule has 3 heterocycles. The summed E-state index contributed by atoms with van der Waals surface area (Å²) in [5.74, 6) is 1.14. The summed E-state index contributed by atoms with van der Waals surface area (Å²) >= 11 is 0. The minimum absolute atomic E-state index is 0.988. The van der Waals surface area contributed by atoms with Crippen molar-refractivity contribution in [3.63, 3.8) is 0 Å². The molecular formula is C19H29N5. The van der Waals surface area contributed by atoms with Gasteiger partial charge in [-0.15, -0.1) is 0 Å². The molecule has 0 atom stereocenters. The van der Waals surface area contributed by atoms with Crippen LogP contribution in [0.15, 0.2) is 30.7 Å². The van der Waals surface area contributed by atoms with Gasteiger partial charge in [-0.2, -0.15) is 0 Å². The van der Waals surface area contributed by atoms with Gasteiger partial charge in [0, 0.05) is 56.9 Å². The van der Waals surface area contributed by atoms with E-state index in [-0.39, 0.29) is 0 Å². The molecule has 0 aromatic carbocycles. The summed E-state index contributed by atoms with van der Waals surface area (Å²) in [4.78, 5) is 17.2. The van der Waals surface area contributed by atoms with Crippen molar-refractivity contribution in [3.05, 3.63) is 47.8 Å². The highest BCUT2D eigenvalue weighted by atomic mass is 15.2. The monoisotopic (exact) mass is 327 g/mol. The minimum Gasteiger partial charge on any atom is -0.345 e. The number of aromatic amines is 1. The zero-order valence-corrected chi connectivity index (χ0v) is 14.7. The fourth-order valence-electron chi connectivity index (χ4n) is 3.29. The Morgan fingerprint density at radius 3 is 2.54 bits per heavy atom. The summed E-state index contributed by atoms with van der Waals surface area (Å²) in [6.45, 7) is 8.82. The molecule has 0 aliphatic carbocycles. The predicted octanol–water partition coefficient (Wildman–Crippen LogP) is 2.86. The topological polar surface area (TPSA) is 48.1 Å². The number of aryl methyl sites for hydroxylation is 1. The van der Waals surface area contributed by atoms with E-state index in [0.29, 0.717) is 0 Å². The lowest BCUT2D eigenvalue weighted by Crippen LogP contribution is -2.30. The third-order valence-corrected chi connectivity index (χ3v) is 4.68. The van der Waals surface area contributed by atoms with E-state index in [2.05, 4.69) is 43.8 Å². The van der Waals surface area contributed by atoms with Crippen molar-refractivity contribution >= 4 is 0 Å². The van der Waals surface area contributed by atoms with Crippen molar-refractivity contribution in [2.75, 3.05) is 26.2 Å². The fourth-order valence-corrected chi connectivity index (χ4v) is 3.29. The molecule has 1 aliphatic rings. The number of nitrogens with zero attached hydrogens (tertiary/aromatic N) is 4. The van der Waals surface area contributed by atoms with E-state index in [1.807, 2.05) is 18.6 Å². The van der Waals surface area contributed by atoms with Crippen LogP contribution in [0.1, 0.15) is 43.3 Å². The van der Waals surface area contributed by atoms with Gasteiger partial charge in [0.1, 0.15) is 5.82 Å². The first-order valence-corrected chi connectivity index (χ1v) is 9.20. The van der Waals surface area contributed by atoms with Crippen LogP contribution in [0.25, 0.3) is 0 Å². The number of hydrogen-bond acceptors (Lipinski definition) is 4. The lowest BCUT2D eigenvalue weighted by molar-refractivity contribution is 0.245. The highest BCUT2D eigenvalue weighted by Crippen LogP contribution is 2.11. The fraction of sp³-hybridized carbons (Fsp3) is 0.579. The van der Waals surface area contributed by atoms with Crippen LogP contribution >= 0.6 is 0 Å². The maximum Gasteiger partial charge on any atom is 0.106 e. The van der Waals surface area contributed by atoms with Gasteiger partial charge in [-0.1, -0.05) is 13.3 Å². The van der Waals surface area contributed by atoms with Gasteiger partial charge < -0.3 is 4.98 Å². The van der Waals surface area contributed by atoms with Crippen molar-refractivity contribution in [1.82, 2.24) is 24.8 Å². The second kappa shape index (κ2) is 8.94. The van der Waals surface area contributed by atoms with Crippen LogP contribution in [0.3, 0.4) is 0 Å². The molecule has 0 amide bonds. The third kappa shape index (κ3) is 5.14. The number of unbranched alkanes of at least 4 members (excludes halogenated alkanes) is 1. The summed E-state index contributed by atoms with van der Waals surface area (Å²) in [6, 6.07) is 4.23. The van der Waals surface area contributed by atoms with Gasteiger partial charge in [0.2, 0.25) is 0 Å². The Balaban J connectivity index is 1.47. The molecule has 1 aliphatic heterocycles. The molecule has 0 spiro atoms. The van der Waals surface area contributed by atoms with Gasteiger partial charge in [0.15, 0.2) is 0 Å². The summed E-state index contributed by atoms with van der Waals surface area (Å²) in [7, 11) is 0. The molecule has 1 saturated heterocycles. The molecule has 1 N–H and O–H groups in total. The van der Waals surface area contributed by atoms with Gasteiger partial charge in [-0.25, -0.2) is 4.98 Å². The van der Waals surface area contributed by atoms with E-state index in [1.54, 1.807) is 0 Å². The summed E-state index contributed by atoms with van der Waals surface area (Å²) in [6.07, 6.45) is 10.5. The number of aromatic nitrogens is 3. The Morgan fingerprint density at radius 2 is 1.79 bits per heavy atom. The Bertz CT molecular complexity index is 595. The van der Waals surface area contributed by atoms with Crippen LogP contribution in [0.5, 0.6) is 0 Å². The molecule has 0 saturated carbocycles. The minimum atomic E-state index is 0.988. The number of pyridine rings is 1. The van der Waals surface area contributed by atoms with E-state index in [1.165, 1.54) is 37.1 Å². The molecular weight excluding hydrogens is 298 g/mol. The number of imidazole rings is 1. The van der Waals surface area contributed by atoms with Gasteiger partial charge in [0.25, 0.3) is 0 Å². The molecule has 5 heteroatoms. The zero-order valence-electron chi connectivity index (χ0n) is 14.7. The Hall–Kier alpha value is -1.72. The third-order valence-electron chi connectivity index (χ3n) is 4.68. The predicted molar refractivity (Wildman–Crippen MR) is 96.6 cm³/mol. The normalized spacial score (nSPS) is 17.0. The van der Waals surface area contributed by atoms with Crippen molar-refractivity contribution in [2.24, 2.45) is 0 Å². The SMILES string of the molecule is CCCCc1ncc(CN2CCCN(Cc3ccncc3)CC2)[nH]1. The molecule has 0 bridgehead atoms. The van der Waals surface area contributed by atoms with Gasteiger partial charge in [0.05, 0.1) is 0 Å². The number of rotatable bonds is 7. The van der Waals surface area contributed by atoms with Gasteiger partial charge in [-0.3, -0.25) is 14.8 Å². The quantitative estimate of drug-likeness (QED) is 0.849. The van der Waals surface area contributed by atoms with Crippen molar-refractivity contribution in [2.45, 2.75) is 45.7 Å². The second-order valence-corrected chi connectivity index (χ2v) is 6.72. The van der Waals surface area contributed by atoms with Crippen molar-refractivity contribution in [3.8, 4) is 0 Å². The second-order valence-electron chi connectivity index (χ2n) is 6.72. The molecule has 24 heavy (non-hydrogen) atoms. The maximum atomic E-state index is 4.51. The zero-order chi connectivity index (χ0) is 16.6. The summed E-state index contributed by atoms with van der Waals surface area (Å²) in [5, 5.41) is 0. The van der Waals surface area contributed by atoms with Gasteiger partial charge in [-0.05, 0) is 43.6 Å². The summed E-state index contributed by atoms with van der Waals surface area (Å²) < 4.78 is 0. The lowest BCUT2D eigenvalue weighted by Gasteiger charge is -2.21. The Morgan fingerprint density at radius 1 is 1.04 bits per heavy atom.